The van der Waals surface area contributed by atoms with Gasteiger partial charge in [0.25, 0.3) is 10.0 Å². The molecule has 5 rings (SSSR count). The van der Waals surface area contributed by atoms with E-state index < -0.39 is 22.0 Å². The summed E-state index contributed by atoms with van der Waals surface area (Å²) in [6.07, 6.45) is 5.53. The maximum atomic E-state index is 14.6. The SMILES string of the molecule is Cc1ccc(S(=O)(=O)n2cc(C3N=C(N[C@H]4CCCC(=O)C4)C(F)=CN3)c3cc(Cl)cnc32)cc1. The van der Waals surface area contributed by atoms with E-state index in [0.29, 0.717) is 28.8 Å². The Bertz CT molecular complexity index is 1480. The lowest BCUT2D eigenvalue weighted by Crippen LogP contribution is -2.41. The Morgan fingerprint density at radius 2 is 2.03 bits per heavy atom. The van der Waals surface area contributed by atoms with Crippen molar-refractivity contribution < 1.29 is 17.6 Å². The number of fused-ring (bicyclic) bond motifs is 1. The van der Waals surface area contributed by atoms with Crippen LogP contribution in [0, 0.1) is 6.92 Å². The van der Waals surface area contributed by atoms with Crippen LogP contribution in [-0.4, -0.2) is 35.0 Å². The van der Waals surface area contributed by atoms with E-state index in [9.17, 15) is 17.6 Å². The van der Waals surface area contributed by atoms with Gasteiger partial charge in [0.15, 0.2) is 17.3 Å². The molecule has 0 amide bonds. The van der Waals surface area contributed by atoms with Gasteiger partial charge in [0.2, 0.25) is 0 Å². The molecule has 8 nitrogen and oxygen atoms in total. The van der Waals surface area contributed by atoms with Crippen LogP contribution >= 0.6 is 11.6 Å². The van der Waals surface area contributed by atoms with E-state index in [2.05, 4.69) is 20.6 Å². The molecular weight excluding hydrogens is 493 g/mol. The summed E-state index contributed by atoms with van der Waals surface area (Å²) < 4.78 is 42.6. The first-order chi connectivity index (χ1) is 16.7. The van der Waals surface area contributed by atoms with E-state index in [0.717, 1.165) is 22.4 Å². The van der Waals surface area contributed by atoms with Crippen LogP contribution < -0.4 is 10.6 Å². The van der Waals surface area contributed by atoms with Gasteiger partial charge in [-0.3, -0.25) is 4.79 Å². The van der Waals surface area contributed by atoms with E-state index in [-0.39, 0.29) is 28.2 Å². The molecule has 0 bridgehead atoms. The van der Waals surface area contributed by atoms with Crippen molar-refractivity contribution in [3.63, 3.8) is 0 Å². The number of nitrogens with zero attached hydrogens (tertiary/aromatic N) is 3. The molecule has 2 N–H and O–H groups in total. The van der Waals surface area contributed by atoms with Gasteiger partial charge >= 0.3 is 0 Å². The molecule has 1 aromatic carbocycles. The Morgan fingerprint density at radius 1 is 1.26 bits per heavy atom. The fourth-order valence-corrected chi connectivity index (χ4v) is 5.85. The van der Waals surface area contributed by atoms with Gasteiger partial charge in [-0.05, 0) is 38.0 Å². The number of carbonyl (C=O) groups excluding carboxylic acids is 1. The molecule has 182 valence electrons. The lowest BCUT2D eigenvalue weighted by Gasteiger charge is -2.26. The number of pyridine rings is 1. The molecule has 1 aliphatic carbocycles. The van der Waals surface area contributed by atoms with Crippen molar-refractivity contribution in [2.24, 2.45) is 4.99 Å². The zero-order valence-corrected chi connectivity index (χ0v) is 20.4. The molecule has 2 aliphatic rings. The molecule has 35 heavy (non-hydrogen) atoms. The number of carbonyl (C=O) groups is 1. The number of rotatable bonds is 4. The van der Waals surface area contributed by atoms with Gasteiger partial charge in [-0.2, -0.15) is 0 Å². The Morgan fingerprint density at radius 3 is 2.77 bits per heavy atom. The van der Waals surface area contributed by atoms with Crippen molar-refractivity contribution in [1.29, 1.82) is 0 Å². The van der Waals surface area contributed by atoms with E-state index >= 15 is 0 Å². The highest BCUT2D eigenvalue weighted by Crippen LogP contribution is 2.32. The number of benzene rings is 1. The lowest BCUT2D eigenvalue weighted by molar-refractivity contribution is -0.120. The average molecular weight is 516 g/mol. The minimum atomic E-state index is -3.97. The third kappa shape index (κ3) is 4.55. The first-order valence-electron chi connectivity index (χ1n) is 11.2. The second-order valence-electron chi connectivity index (χ2n) is 8.74. The first-order valence-corrected chi connectivity index (χ1v) is 13.0. The number of aromatic nitrogens is 2. The minimum absolute atomic E-state index is 0.0192. The summed E-state index contributed by atoms with van der Waals surface area (Å²) in [5.41, 5.74) is 1.58. The predicted octanol–water partition coefficient (Wildman–Crippen LogP) is 4.15. The number of hydrogen-bond acceptors (Lipinski definition) is 7. The van der Waals surface area contributed by atoms with E-state index in [1.807, 2.05) is 6.92 Å². The molecule has 0 saturated heterocycles. The highest BCUT2D eigenvalue weighted by atomic mass is 35.5. The van der Waals surface area contributed by atoms with Crippen molar-refractivity contribution in [2.75, 3.05) is 0 Å². The van der Waals surface area contributed by atoms with Crippen LogP contribution in [0.2, 0.25) is 5.02 Å². The molecule has 2 aromatic heterocycles. The average Bonchev–Trinajstić information content (AvgIpc) is 3.20. The van der Waals surface area contributed by atoms with Crippen LogP contribution in [0.4, 0.5) is 4.39 Å². The van der Waals surface area contributed by atoms with Crippen LogP contribution in [-0.2, 0) is 14.8 Å². The third-order valence-electron chi connectivity index (χ3n) is 6.16. The number of aryl methyl sites for hydroxylation is 1. The van der Waals surface area contributed by atoms with Crippen molar-refractivity contribution in [2.45, 2.75) is 49.7 Å². The number of hydrogen-bond donors (Lipinski definition) is 2. The molecule has 3 aromatic rings. The van der Waals surface area contributed by atoms with Gasteiger partial charge < -0.3 is 10.6 Å². The van der Waals surface area contributed by atoms with Crippen LogP contribution in [0.25, 0.3) is 11.0 Å². The predicted molar refractivity (Wildman–Crippen MR) is 131 cm³/mol. The van der Waals surface area contributed by atoms with Crippen molar-refractivity contribution >= 4 is 44.3 Å². The molecule has 3 heterocycles. The van der Waals surface area contributed by atoms with E-state index in [1.54, 1.807) is 18.2 Å². The molecule has 2 atom stereocenters. The van der Waals surface area contributed by atoms with Gasteiger partial charge in [0, 0.05) is 48.4 Å². The van der Waals surface area contributed by atoms with Gasteiger partial charge in [0.05, 0.1) is 9.92 Å². The quantitative estimate of drug-likeness (QED) is 0.541. The Labute approximate surface area is 207 Å². The largest absolute Gasteiger partial charge is 0.365 e. The molecule has 1 unspecified atom stereocenters. The Hall–Kier alpha value is -3.24. The summed E-state index contributed by atoms with van der Waals surface area (Å²) in [4.78, 5) is 20.7. The molecular formula is C24H23ClFN5O3S. The number of nitrogens with one attached hydrogen (secondary N) is 2. The highest BCUT2D eigenvalue weighted by Gasteiger charge is 2.29. The number of amidine groups is 1. The number of Topliss-reactive ketones (excluding diaryl/α,β-unsaturated/α-hetero) is 1. The summed E-state index contributed by atoms with van der Waals surface area (Å²) in [5, 5.41) is 6.71. The fraction of sp³-hybridized carbons (Fsp3) is 0.292. The summed E-state index contributed by atoms with van der Waals surface area (Å²) >= 11 is 6.19. The number of halogens is 2. The standard InChI is InChI=1S/C24H23ClFN5O3S/c1-14-5-7-18(8-6-14)35(33,34)31-13-20(19-9-15(25)11-28-24(19)31)22-27-12-21(26)23(30-22)29-16-3-2-4-17(32)10-16/h5-9,11-13,16,22,27H,2-4,10H2,1H3,(H,29,30)/t16-,22?/m0/s1. The van der Waals surface area contributed by atoms with Gasteiger partial charge in [0.1, 0.15) is 11.9 Å². The van der Waals surface area contributed by atoms with Crippen LogP contribution in [0.5, 0.6) is 0 Å². The maximum Gasteiger partial charge on any atom is 0.269 e. The minimum Gasteiger partial charge on any atom is -0.365 e. The highest BCUT2D eigenvalue weighted by molar-refractivity contribution is 7.90. The van der Waals surface area contributed by atoms with Gasteiger partial charge in [-0.1, -0.05) is 29.3 Å². The van der Waals surface area contributed by atoms with Gasteiger partial charge in [-0.15, -0.1) is 0 Å². The zero-order valence-electron chi connectivity index (χ0n) is 18.8. The first kappa shape index (κ1) is 23.5. The second-order valence-corrected chi connectivity index (χ2v) is 11.0. The van der Waals surface area contributed by atoms with Crippen molar-refractivity contribution in [3.05, 3.63) is 70.9 Å². The number of ketones is 1. The fourth-order valence-electron chi connectivity index (χ4n) is 4.36. The van der Waals surface area contributed by atoms with E-state index in [1.165, 1.54) is 30.7 Å². The van der Waals surface area contributed by atoms with Gasteiger partial charge in [-0.25, -0.2) is 26.8 Å². The maximum absolute atomic E-state index is 14.6. The monoisotopic (exact) mass is 515 g/mol. The van der Waals surface area contributed by atoms with Crippen molar-refractivity contribution in [1.82, 2.24) is 19.6 Å². The van der Waals surface area contributed by atoms with Crippen molar-refractivity contribution in [3.8, 4) is 0 Å². The second kappa shape index (κ2) is 9.09. The Kier molecular flexibility index (Phi) is 6.10. The van der Waals surface area contributed by atoms with Crippen LogP contribution in [0.1, 0.15) is 43.0 Å². The smallest absolute Gasteiger partial charge is 0.269 e. The summed E-state index contributed by atoms with van der Waals surface area (Å²) in [7, 11) is -3.97. The molecule has 1 fully saturated rings. The molecule has 1 aliphatic heterocycles. The topological polar surface area (TPSA) is 105 Å². The molecule has 11 heteroatoms. The van der Waals surface area contributed by atoms with E-state index in [4.69, 9.17) is 11.6 Å². The van der Waals surface area contributed by atoms with Crippen LogP contribution in [0.15, 0.2) is 64.6 Å². The lowest BCUT2D eigenvalue weighted by atomic mass is 9.94. The third-order valence-corrected chi connectivity index (χ3v) is 8.03. The zero-order chi connectivity index (χ0) is 24.7. The number of aliphatic imine (C=N–C) groups is 1. The normalized spacial score (nSPS) is 20.8. The Balaban J connectivity index is 1.56. The summed E-state index contributed by atoms with van der Waals surface area (Å²) in [6, 6.07) is 7.92. The molecule has 1 saturated carbocycles. The molecule has 0 radical (unpaired) electrons. The summed E-state index contributed by atoms with van der Waals surface area (Å²) in [6.45, 7) is 1.87. The summed E-state index contributed by atoms with van der Waals surface area (Å²) in [5.74, 6) is -0.438. The molecule has 0 spiro atoms. The van der Waals surface area contributed by atoms with Crippen LogP contribution in [0.3, 0.4) is 0 Å².